The Morgan fingerprint density at radius 2 is 1.00 bits per heavy atom. The van der Waals surface area contributed by atoms with Crippen molar-refractivity contribution >= 4 is 0 Å². The van der Waals surface area contributed by atoms with Crippen LogP contribution in [0, 0.1) is 47.3 Å². The first-order valence-corrected chi connectivity index (χ1v) is 17.9. The molecular weight excluding hydrogens is 580 g/mol. The van der Waals surface area contributed by atoms with Crippen LogP contribution in [0.2, 0.25) is 0 Å². The van der Waals surface area contributed by atoms with Gasteiger partial charge in [-0.2, -0.15) is 0 Å². The third-order valence-electron chi connectivity index (χ3n) is 12.5. The van der Waals surface area contributed by atoms with Crippen molar-refractivity contribution in [1.82, 2.24) is 0 Å². The van der Waals surface area contributed by atoms with Gasteiger partial charge >= 0.3 is 0 Å². The third-order valence-corrected chi connectivity index (χ3v) is 12.5. The summed E-state index contributed by atoms with van der Waals surface area (Å²) in [5.41, 5.74) is -1.50. The molecule has 0 aromatic carbocycles. The third kappa shape index (κ3) is 6.52. The molecule has 4 heterocycles. The van der Waals surface area contributed by atoms with Gasteiger partial charge in [0.25, 0.3) is 0 Å². The predicted molar refractivity (Wildman–Crippen MR) is 169 cm³/mol. The summed E-state index contributed by atoms with van der Waals surface area (Å²) >= 11 is 0. The number of methoxy groups -OCH3 is 2. The molecule has 0 spiro atoms. The smallest absolute Gasteiger partial charge is 0.193 e. The molecule has 2 aliphatic carbocycles. The van der Waals surface area contributed by atoms with E-state index in [-0.39, 0.29) is 60.3 Å². The van der Waals surface area contributed by atoms with Crippen molar-refractivity contribution in [2.45, 2.75) is 162 Å². The second-order valence-electron chi connectivity index (χ2n) is 14.5. The van der Waals surface area contributed by atoms with Gasteiger partial charge in [0.05, 0.1) is 12.2 Å². The lowest BCUT2D eigenvalue weighted by Gasteiger charge is -2.57. The summed E-state index contributed by atoms with van der Waals surface area (Å²) in [5.74, 6) is 2.32. The zero-order valence-electron chi connectivity index (χ0n) is 29.6. The fourth-order valence-corrected chi connectivity index (χ4v) is 10.2. The zero-order valence-corrected chi connectivity index (χ0v) is 29.6. The molecule has 45 heavy (non-hydrogen) atoms. The molecule has 0 amide bonds. The fraction of sp³-hybridized carbons (Fsp3) is 1.00. The van der Waals surface area contributed by atoms with Gasteiger partial charge in [0.1, 0.15) is 0 Å². The van der Waals surface area contributed by atoms with Gasteiger partial charge in [0.15, 0.2) is 36.4 Å². The van der Waals surface area contributed by atoms with Crippen molar-refractivity contribution < 1.29 is 48.7 Å². The highest BCUT2D eigenvalue weighted by Gasteiger charge is 2.66. The Balaban J connectivity index is 0.000000194. The van der Waals surface area contributed by atoms with E-state index < -0.39 is 23.8 Å². The zero-order chi connectivity index (χ0) is 33.1. The maximum atomic E-state index is 9.98. The minimum atomic E-state index is -0.753. The van der Waals surface area contributed by atoms with Crippen LogP contribution in [0.5, 0.6) is 0 Å². The molecule has 264 valence electrons. The van der Waals surface area contributed by atoms with Gasteiger partial charge in [0, 0.05) is 37.9 Å². The molecule has 10 nitrogen and oxygen atoms in total. The average molecular weight is 645 g/mol. The van der Waals surface area contributed by atoms with E-state index >= 15 is 0 Å². The largest absolute Gasteiger partial charge is 0.355 e. The molecule has 16 atom stereocenters. The lowest BCUT2D eigenvalue weighted by molar-refractivity contribution is -0.459. The summed E-state index contributed by atoms with van der Waals surface area (Å²) < 4.78 is 35.4. The maximum absolute atomic E-state index is 9.98. The molecule has 10 heteroatoms. The molecule has 4 saturated heterocycles. The van der Waals surface area contributed by atoms with Gasteiger partial charge in [-0.05, 0) is 88.9 Å². The molecule has 6 aliphatic rings. The van der Waals surface area contributed by atoms with Crippen LogP contribution in [0.4, 0.5) is 0 Å². The Kier molecular flexibility index (Phi) is 13.2. The fourth-order valence-electron chi connectivity index (χ4n) is 10.2. The van der Waals surface area contributed by atoms with E-state index in [0.29, 0.717) is 11.8 Å². The van der Waals surface area contributed by atoms with Crippen molar-refractivity contribution in [3.05, 3.63) is 0 Å². The Hall–Kier alpha value is -0.400. The molecule has 2 saturated carbocycles. The van der Waals surface area contributed by atoms with Crippen LogP contribution >= 0.6 is 0 Å². The second kappa shape index (κ2) is 15.9. The van der Waals surface area contributed by atoms with Crippen LogP contribution in [0.1, 0.15) is 113 Å². The van der Waals surface area contributed by atoms with Gasteiger partial charge in [-0.1, -0.05) is 48.0 Å². The average Bonchev–Trinajstić information content (AvgIpc) is 3.30. The quantitative estimate of drug-likeness (QED) is 0.230. The molecule has 0 aromatic rings. The molecule has 6 rings (SSSR count). The Bertz CT molecular complexity index is 908. The summed E-state index contributed by atoms with van der Waals surface area (Å²) in [6, 6.07) is 0. The lowest BCUT2D eigenvalue weighted by atomic mass is 9.57. The van der Waals surface area contributed by atoms with E-state index in [0.717, 1.165) is 51.4 Å². The summed E-state index contributed by atoms with van der Waals surface area (Å²) in [7, 11) is 3.33. The molecule has 2 N–H and O–H groups in total. The van der Waals surface area contributed by atoms with Gasteiger partial charge in [-0.25, -0.2) is 9.78 Å². The second-order valence-corrected chi connectivity index (χ2v) is 14.5. The minimum absolute atomic E-state index is 0.103. The van der Waals surface area contributed by atoms with E-state index in [4.69, 9.17) is 38.2 Å². The van der Waals surface area contributed by atoms with E-state index in [9.17, 15) is 10.5 Å². The van der Waals surface area contributed by atoms with E-state index in [1.807, 2.05) is 13.8 Å². The number of rotatable bonds is 5. The molecule has 0 aromatic heterocycles. The van der Waals surface area contributed by atoms with Crippen LogP contribution in [0.3, 0.4) is 0 Å². The summed E-state index contributed by atoms with van der Waals surface area (Å²) in [6.45, 7) is 16.9. The highest BCUT2D eigenvalue weighted by Crippen LogP contribution is 2.58. The van der Waals surface area contributed by atoms with E-state index in [1.54, 1.807) is 14.2 Å². The van der Waals surface area contributed by atoms with Crippen molar-refractivity contribution in [2.24, 2.45) is 47.3 Å². The number of ether oxygens (including phenoxy) is 6. The van der Waals surface area contributed by atoms with Crippen molar-refractivity contribution in [2.75, 3.05) is 14.2 Å². The summed E-state index contributed by atoms with van der Waals surface area (Å²) in [4.78, 5) is 10.5. The minimum Gasteiger partial charge on any atom is -0.355 e. The van der Waals surface area contributed by atoms with Gasteiger partial charge in [-0.3, -0.25) is 10.5 Å². The van der Waals surface area contributed by atoms with E-state index in [2.05, 4.69) is 41.5 Å². The summed E-state index contributed by atoms with van der Waals surface area (Å²) in [6.07, 6.45) is 7.93. The first-order valence-electron chi connectivity index (χ1n) is 17.9. The molecule has 4 aliphatic heterocycles. The van der Waals surface area contributed by atoms with Crippen LogP contribution in [0.25, 0.3) is 0 Å². The van der Waals surface area contributed by atoms with Gasteiger partial charge in [-0.15, -0.1) is 0 Å². The highest BCUT2D eigenvalue weighted by molar-refractivity contribution is 5.08. The topological polar surface area (TPSA) is 114 Å². The molecular formula is C35H64O10. The molecule has 0 radical (unpaired) electrons. The van der Waals surface area contributed by atoms with Crippen molar-refractivity contribution in [1.29, 1.82) is 0 Å². The van der Waals surface area contributed by atoms with E-state index in [1.165, 1.54) is 6.42 Å². The first kappa shape index (κ1) is 37.4. The maximum Gasteiger partial charge on any atom is 0.193 e. The Labute approximate surface area is 271 Å². The van der Waals surface area contributed by atoms with Crippen molar-refractivity contribution in [3.8, 4) is 0 Å². The Morgan fingerprint density at radius 1 is 0.578 bits per heavy atom. The van der Waals surface area contributed by atoms with Crippen LogP contribution in [0.15, 0.2) is 0 Å². The first-order chi connectivity index (χ1) is 21.6. The standard InChI is InChI=1S/C17H30O5.C16H28O5.C2H6/c1-5-12-7-9-13-11(3)15(19-4)21-16-17(13,22-18)14(12)8-6-10(2)20-16;1-9-5-7-13-11(3)14(18-4)20-15-16(13,21-17)12(9)8-6-10(2)19-15;1-2/h10-16,18H,5-9H2,1-4H3;9-15,17H,5-8H2,1-4H3;1-2H3/t10?,11-,12-,13?,14?,15+,16+,17+;9-,10?,11-,12?,13?,14+,15+,16-;/m11./s1. The van der Waals surface area contributed by atoms with Gasteiger partial charge in [0.2, 0.25) is 0 Å². The lowest BCUT2D eigenvalue weighted by Crippen LogP contribution is -2.67. The molecule has 6 fully saturated rings. The highest BCUT2D eigenvalue weighted by atomic mass is 17.1. The van der Waals surface area contributed by atoms with Crippen molar-refractivity contribution in [3.63, 3.8) is 0 Å². The van der Waals surface area contributed by atoms with Crippen LogP contribution in [-0.2, 0) is 38.2 Å². The predicted octanol–water partition coefficient (Wildman–Crippen LogP) is 7.50. The summed E-state index contributed by atoms with van der Waals surface area (Å²) in [5, 5.41) is 19.9. The van der Waals surface area contributed by atoms with Crippen LogP contribution < -0.4 is 0 Å². The molecule has 6 unspecified atom stereocenters. The Morgan fingerprint density at radius 3 is 1.44 bits per heavy atom. The molecule has 0 bridgehead atoms. The number of hydrogen-bond donors (Lipinski definition) is 2. The monoisotopic (exact) mass is 644 g/mol. The SMILES string of the molecule is CC.CC[C@@H]1CCC2[C@@H](C)[C@@H](OC)O[C@@H]3OC(C)CCC1[C@@]23OO.CO[C@H]1O[C@@H]2OC(C)CCC3[C@H](C)CCC([C@H]1C)[C@]32OO. The van der Waals surface area contributed by atoms with Gasteiger partial charge < -0.3 is 28.4 Å². The normalized spacial score (nSPS) is 50.7. The van der Waals surface area contributed by atoms with Crippen LogP contribution in [-0.4, -0.2) is 73.3 Å². The number of hydrogen-bond acceptors (Lipinski definition) is 10.